The lowest BCUT2D eigenvalue weighted by Crippen LogP contribution is -2.46. The van der Waals surface area contributed by atoms with Crippen LogP contribution in [0.4, 0.5) is 0 Å². The molecule has 1 aliphatic heterocycles. The lowest BCUT2D eigenvalue weighted by Gasteiger charge is -2.37. The van der Waals surface area contributed by atoms with Crippen LogP contribution in [-0.2, 0) is 17.8 Å². The molecule has 2 fully saturated rings. The average molecular weight is 409 g/mol. The molecule has 30 heavy (non-hydrogen) atoms. The highest BCUT2D eigenvalue weighted by Gasteiger charge is 2.30. The van der Waals surface area contributed by atoms with Crippen molar-refractivity contribution in [3.8, 4) is 0 Å². The van der Waals surface area contributed by atoms with E-state index in [0.29, 0.717) is 18.5 Å². The van der Waals surface area contributed by atoms with E-state index in [1.54, 1.807) is 12.5 Å². The number of carbonyl (C=O) groups excluding carboxylic acids is 1. The number of benzene rings is 1. The quantitative estimate of drug-likeness (QED) is 0.665. The molecule has 5 nitrogen and oxygen atoms in total. The first-order valence-corrected chi connectivity index (χ1v) is 11.7. The first-order valence-electron chi connectivity index (χ1n) is 11.7. The van der Waals surface area contributed by atoms with Crippen molar-refractivity contribution < 1.29 is 4.79 Å². The van der Waals surface area contributed by atoms with Crippen LogP contribution in [0.1, 0.15) is 49.7 Å². The van der Waals surface area contributed by atoms with Gasteiger partial charge < -0.3 is 14.4 Å². The van der Waals surface area contributed by atoms with Crippen molar-refractivity contribution in [2.45, 2.75) is 64.5 Å². The van der Waals surface area contributed by atoms with E-state index < -0.39 is 0 Å². The Hall–Kier alpha value is -2.14. The SMILES string of the molecule is Cc1ccccc1CCN1CCC(CN(C(=O)Cn2ccnc2)C2CCCC2)CC1. The van der Waals surface area contributed by atoms with Gasteiger partial charge >= 0.3 is 0 Å². The van der Waals surface area contributed by atoms with E-state index in [9.17, 15) is 4.79 Å². The molecular formula is C25H36N4O. The number of carbonyl (C=O) groups is 1. The van der Waals surface area contributed by atoms with Crippen LogP contribution in [0.2, 0.25) is 0 Å². The minimum absolute atomic E-state index is 0.266. The first-order chi connectivity index (χ1) is 14.7. The predicted octanol–water partition coefficient (Wildman–Crippen LogP) is 3.92. The topological polar surface area (TPSA) is 41.4 Å². The Morgan fingerprint density at radius 1 is 1.13 bits per heavy atom. The van der Waals surface area contributed by atoms with Crippen molar-refractivity contribution in [1.82, 2.24) is 19.4 Å². The molecule has 2 aromatic rings. The number of hydrogen-bond donors (Lipinski definition) is 0. The minimum atomic E-state index is 0.266. The Morgan fingerprint density at radius 3 is 2.60 bits per heavy atom. The van der Waals surface area contributed by atoms with Crippen LogP contribution >= 0.6 is 0 Å². The third-order valence-electron chi connectivity index (χ3n) is 7.08. The Labute approximate surface area is 181 Å². The maximum absolute atomic E-state index is 13.1. The number of aryl methyl sites for hydroxylation is 1. The average Bonchev–Trinajstić information content (AvgIpc) is 3.47. The first kappa shape index (κ1) is 21.1. The van der Waals surface area contributed by atoms with Crippen molar-refractivity contribution in [2.75, 3.05) is 26.2 Å². The van der Waals surface area contributed by atoms with Gasteiger partial charge in [0.1, 0.15) is 6.54 Å². The molecule has 0 unspecified atom stereocenters. The second-order valence-electron chi connectivity index (χ2n) is 9.18. The number of hydrogen-bond acceptors (Lipinski definition) is 3. The number of aromatic nitrogens is 2. The summed E-state index contributed by atoms with van der Waals surface area (Å²) in [5, 5.41) is 0. The van der Waals surface area contributed by atoms with Crippen LogP contribution in [0.5, 0.6) is 0 Å². The molecule has 0 radical (unpaired) electrons. The zero-order valence-corrected chi connectivity index (χ0v) is 18.4. The van der Waals surface area contributed by atoms with Crippen molar-refractivity contribution in [1.29, 1.82) is 0 Å². The summed E-state index contributed by atoms with van der Waals surface area (Å²) in [5.74, 6) is 0.897. The van der Waals surface area contributed by atoms with Crippen LogP contribution in [-0.4, -0.2) is 57.5 Å². The second kappa shape index (κ2) is 10.3. The fourth-order valence-electron chi connectivity index (χ4n) is 5.14. The zero-order chi connectivity index (χ0) is 20.8. The molecule has 0 bridgehead atoms. The summed E-state index contributed by atoms with van der Waals surface area (Å²) in [4.78, 5) is 22.0. The van der Waals surface area contributed by atoms with E-state index >= 15 is 0 Å². The van der Waals surface area contributed by atoms with Gasteiger partial charge in [-0.05, 0) is 69.2 Å². The molecule has 162 valence electrons. The molecule has 1 saturated heterocycles. The van der Waals surface area contributed by atoms with Gasteiger partial charge in [0, 0.05) is 31.5 Å². The Bertz CT molecular complexity index is 789. The van der Waals surface area contributed by atoms with Gasteiger partial charge in [-0.1, -0.05) is 37.1 Å². The molecule has 2 heterocycles. The standard InChI is InChI=1S/C25H36N4O/c1-21-6-2-3-7-23(21)12-16-27-14-10-22(11-15-27)18-29(24-8-4-5-9-24)25(30)19-28-17-13-26-20-28/h2-3,6-7,13,17,20,22,24H,4-5,8-12,14-16,18-19H2,1H3. The third-order valence-corrected chi connectivity index (χ3v) is 7.08. The number of imidazole rings is 1. The van der Waals surface area contributed by atoms with Crippen molar-refractivity contribution >= 4 is 5.91 Å². The van der Waals surface area contributed by atoms with Gasteiger partial charge in [-0.3, -0.25) is 4.79 Å². The van der Waals surface area contributed by atoms with Gasteiger partial charge in [-0.25, -0.2) is 4.98 Å². The van der Waals surface area contributed by atoms with Gasteiger partial charge in [0.25, 0.3) is 0 Å². The Balaban J connectivity index is 1.28. The van der Waals surface area contributed by atoms with Crippen molar-refractivity contribution in [2.24, 2.45) is 5.92 Å². The number of piperidine rings is 1. The highest BCUT2D eigenvalue weighted by atomic mass is 16.2. The molecule has 1 aromatic carbocycles. The molecule has 5 heteroatoms. The zero-order valence-electron chi connectivity index (χ0n) is 18.4. The second-order valence-corrected chi connectivity index (χ2v) is 9.18. The summed E-state index contributed by atoms with van der Waals surface area (Å²) in [6.07, 6.45) is 13.8. The van der Waals surface area contributed by atoms with Crippen molar-refractivity contribution in [3.63, 3.8) is 0 Å². The van der Waals surface area contributed by atoms with E-state index in [1.807, 2.05) is 10.8 Å². The van der Waals surface area contributed by atoms with E-state index in [4.69, 9.17) is 0 Å². The van der Waals surface area contributed by atoms with Crippen LogP contribution in [0, 0.1) is 12.8 Å². The predicted molar refractivity (Wildman–Crippen MR) is 120 cm³/mol. The van der Waals surface area contributed by atoms with Gasteiger partial charge in [0.2, 0.25) is 5.91 Å². The largest absolute Gasteiger partial charge is 0.338 e. The molecule has 1 aromatic heterocycles. The molecule has 2 aliphatic rings. The summed E-state index contributed by atoms with van der Waals surface area (Å²) in [5.41, 5.74) is 2.87. The van der Waals surface area contributed by atoms with Crippen LogP contribution in [0.15, 0.2) is 43.0 Å². The van der Waals surface area contributed by atoms with Crippen molar-refractivity contribution in [3.05, 3.63) is 54.1 Å². The maximum Gasteiger partial charge on any atom is 0.242 e. The third kappa shape index (κ3) is 5.51. The highest BCUT2D eigenvalue weighted by molar-refractivity contribution is 5.76. The fourth-order valence-corrected chi connectivity index (χ4v) is 5.14. The molecule has 1 aliphatic carbocycles. The summed E-state index contributed by atoms with van der Waals surface area (Å²) in [6.45, 7) is 7.02. The Kier molecular flexibility index (Phi) is 7.21. The number of likely N-dealkylation sites (tertiary alicyclic amines) is 1. The molecule has 1 amide bonds. The smallest absolute Gasteiger partial charge is 0.242 e. The van der Waals surface area contributed by atoms with Crippen LogP contribution in [0.3, 0.4) is 0 Å². The van der Waals surface area contributed by atoms with Gasteiger partial charge in [-0.15, -0.1) is 0 Å². The molecule has 0 spiro atoms. The lowest BCUT2D eigenvalue weighted by molar-refractivity contribution is -0.135. The molecule has 0 N–H and O–H groups in total. The summed E-state index contributed by atoms with van der Waals surface area (Å²) in [6, 6.07) is 9.18. The normalized spacial score (nSPS) is 18.7. The van der Waals surface area contributed by atoms with E-state index in [0.717, 1.165) is 32.6 Å². The van der Waals surface area contributed by atoms with Crippen LogP contribution < -0.4 is 0 Å². The molecule has 0 atom stereocenters. The molecule has 1 saturated carbocycles. The Morgan fingerprint density at radius 2 is 1.90 bits per heavy atom. The summed E-state index contributed by atoms with van der Waals surface area (Å²) >= 11 is 0. The van der Waals surface area contributed by atoms with E-state index in [2.05, 4.69) is 46.0 Å². The fraction of sp³-hybridized carbons (Fsp3) is 0.600. The van der Waals surface area contributed by atoms with E-state index in [1.165, 1.54) is 49.7 Å². The lowest BCUT2D eigenvalue weighted by atomic mass is 9.94. The molecule has 4 rings (SSSR count). The highest BCUT2D eigenvalue weighted by Crippen LogP contribution is 2.27. The van der Waals surface area contributed by atoms with E-state index in [-0.39, 0.29) is 5.91 Å². The summed E-state index contributed by atoms with van der Waals surface area (Å²) in [7, 11) is 0. The number of rotatable bonds is 8. The van der Waals surface area contributed by atoms with Gasteiger partial charge in [0.05, 0.1) is 6.33 Å². The summed E-state index contributed by atoms with van der Waals surface area (Å²) < 4.78 is 1.90. The van der Waals surface area contributed by atoms with Crippen LogP contribution in [0.25, 0.3) is 0 Å². The van der Waals surface area contributed by atoms with Gasteiger partial charge in [0.15, 0.2) is 0 Å². The number of amides is 1. The monoisotopic (exact) mass is 408 g/mol. The van der Waals surface area contributed by atoms with Gasteiger partial charge in [-0.2, -0.15) is 0 Å². The number of nitrogens with zero attached hydrogens (tertiary/aromatic N) is 4. The minimum Gasteiger partial charge on any atom is -0.338 e. The molecular weight excluding hydrogens is 372 g/mol. The maximum atomic E-state index is 13.1.